The number of nitrogens with one attached hydrogen (secondary N) is 2. The number of amides is 1. The zero-order valence-electron chi connectivity index (χ0n) is 11.6. The summed E-state index contributed by atoms with van der Waals surface area (Å²) >= 11 is 0. The molecule has 0 saturated heterocycles. The lowest BCUT2D eigenvalue weighted by molar-refractivity contribution is -0.117. The van der Waals surface area contributed by atoms with Gasteiger partial charge in [0.1, 0.15) is 11.5 Å². The Bertz CT molecular complexity index is 686. The van der Waals surface area contributed by atoms with Gasteiger partial charge in [-0.2, -0.15) is 10.2 Å². The highest BCUT2D eigenvalue weighted by Gasteiger charge is 2.34. The highest BCUT2D eigenvalue weighted by Crippen LogP contribution is 2.24. The molecule has 8 heteroatoms. The van der Waals surface area contributed by atoms with Crippen molar-refractivity contribution in [3.63, 3.8) is 0 Å². The molecule has 3 rings (SSSR count). The maximum Gasteiger partial charge on any atom is 0.404 e. The number of carbonyl (C=O) groups is 2. The first-order chi connectivity index (χ1) is 10.6. The third kappa shape index (κ3) is 2.90. The van der Waals surface area contributed by atoms with Crippen molar-refractivity contribution >= 4 is 17.6 Å². The van der Waals surface area contributed by atoms with Gasteiger partial charge in [0.15, 0.2) is 0 Å². The van der Waals surface area contributed by atoms with E-state index in [2.05, 4.69) is 20.8 Å². The average Bonchev–Trinajstić information content (AvgIpc) is 3.10. The van der Waals surface area contributed by atoms with Crippen LogP contribution in [0.25, 0.3) is 5.69 Å². The Kier molecular flexibility index (Phi) is 3.73. The number of hydrogen-bond donors (Lipinski definition) is 3. The zero-order valence-corrected chi connectivity index (χ0v) is 11.6. The minimum absolute atomic E-state index is 0.0333. The summed E-state index contributed by atoms with van der Waals surface area (Å²) < 4.78 is 0. The topological polar surface area (TPSA) is 109 Å². The van der Waals surface area contributed by atoms with Crippen LogP contribution in [0.15, 0.2) is 36.7 Å². The van der Waals surface area contributed by atoms with E-state index in [9.17, 15) is 9.59 Å². The number of aromatic nitrogens is 3. The quantitative estimate of drug-likeness (QED) is 0.778. The molecule has 2 unspecified atom stereocenters. The summed E-state index contributed by atoms with van der Waals surface area (Å²) in [5, 5.41) is 22.7. The fourth-order valence-corrected chi connectivity index (χ4v) is 2.63. The normalized spacial score (nSPS) is 20.8. The van der Waals surface area contributed by atoms with Crippen molar-refractivity contribution in [1.29, 1.82) is 0 Å². The molecule has 1 fully saturated rings. The molecule has 1 aliphatic carbocycles. The third-order valence-corrected chi connectivity index (χ3v) is 3.57. The van der Waals surface area contributed by atoms with Gasteiger partial charge in [0.05, 0.1) is 30.2 Å². The van der Waals surface area contributed by atoms with E-state index in [1.54, 1.807) is 12.4 Å². The highest BCUT2D eigenvalue weighted by molar-refractivity contribution is 5.84. The number of ketones is 1. The van der Waals surface area contributed by atoms with Crippen molar-refractivity contribution in [3.05, 3.63) is 36.7 Å². The lowest BCUT2D eigenvalue weighted by Gasteiger charge is -2.22. The van der Waals surface area contributed by atoms with Crippen molar-refractivity contribution < 1.29 is 14.7 Å². The van der Waals surface area contributed by atoms with Crippen molar-refractivity contribution in [2.75, 3.05) is 5.32 Å². The summed E-state index contributed by atoms with van der Waals surface area (Å²) in [4.78, 5) is 24.0. The van der Waals surface area contributed by atoms with Crippen LogP contribution in [-0.2, 0) is 4.79 Å². The Morgan fingerprint density at radius 1 is 1.18 bits per heavy atom. The van der Waals surface area contributed by atoms with Crippen LogP contribution in [0.3, 0.4) is 0 Å². The van der Waals surface area contributed by atoms with Gasteiger partial charge < -0.3 is 15.7 Å². The average molecular weight is 301 g/mol. The predicted octanol–water partition coefficient (Wildman–Crippen LogP) is 1.05. The smallest absolute Gasteiger partial charge is 0.404 e. The summed E-state index contributed by atoms with van der Waals surface area (Å²) in [6.07, 6.45) is 2.50. The van der Waals surface area contributed by atoms with Crippen LogP contribution in [0.1, 0.15) is 12.8 Å². The maximum atomic E-state index is 11.6. The van der Waals surface area contributed by atoms with E-state index in [0.29, 0.717) is 0 Å². The number of anilines is 1. The van der Waals surface area contributed by atoms with E-state index >= 15 is 0 Å². The van der Waals surface area contributed by atoms with E-state index in [-0.39, 0.29) is 24.7 Å². The molecule has 22 heavy (non-hydrogen) atoms. The standard InChI is InChI=1S/C14H15N5O3/c20-9-7-11(12(8-9)18-14(21)22)17-10-3-1-2-4-13(10)19-15-5-6-16-19/h1-6,11-12,17-18H,7-8H2,(H,21,22). The third-order valence-electron chi connectivity index (χ3n) is 3.57. The van der Waals surface area contributed by atoms with Gasteiger partial charge >= 0.3 is 6.09 Å². The van der Waals surface area contributed by atoms with E-state index in [0.717, 1.165) is 11.4 Å². The van der Waals surface area contributed by atoms with E-state index in [1.807, 2.05) is 24.3 Å². The van der Waals surface area contributed by atoms with Crippen molar-refractivity contribution in [2.24, 2.45) is 0 Å². The summed E-state index contributed by atoms with van der Waals surface area (Å²) in [5.74, 6) is 0.0333. The second-order valence-electron chi connectivity index (χ2n) is 5.09. The molecule has 0 spiro atoms. The molecule has 0 aliphatic heterocycles. The van der Waals surface area contributed by atoms with E-state index in [4.69, 9.17) is 5.11 Å². The lowest BCUT2D eigenvalue weighted by Crippen LogP contribution is -2.42. The molecule has 2 aromatic rings. The van der Waals surface area contributed by atoms with Gasteiger partial charge in [-0.3, -0.25) is 4.79 Å². The summed E-state index contributed by atoms with van der Waals surface area (Å²) in [7, 11) is 0. The second-order valence-corrected chi connectivity index (χ2v) is 5.09. The van der Waals surface area contributed by atoms with Gasteiger partial charge in [0.2, 0.25) is 0 Å². The molecule has 1 heterocycles. The Hall–Kier alpha value is -2.90. The Labute approximate surface area is 126 Å². The van der Waals surface area contributed by atoms with Crippen LogP contribution in [0.5, 0.6) is 0 Å². The molecule has 0 radical (unpaired) electrons. The molecule has 2 atom stereocenters. The molecule has 1 aromatic heterocycles. The van der Waals surface area contributed by atoms with Gasteiger partial charge in [-0.05, 0) is 12.1 Å². The summed E-state index contributed by atoms with van der Waals surface area (Å²) in [6, 6.07) is 6.67. The van der Waals surface area contributed by atoms with Crippen molar-refractivity contribution in [2.45, 2.75) is 24.9 Å². The van der Waals surface area contributed by atoms with Gasteiger partial charge in [-0.15, -0.1) is 4.80 Å². The minimum atomic E-state index is -1.13. The zero-order chi connectivity index (χ0) is 15.5. The van der Waals surface area contributed by atoms with Crippen LogP contribution in [0, 0.1) is 0 Å². The predicted molar refractivity (Wildman–Crippen MR) is 78.0 cm³/mol. The first-order valence-electron chi connectivity index (χ1n) is 6.87. The number of hydrogen-bond acceptors (Lipinski definition) is 5. The highest BCUT2D eigenvalue weighted by atomic mass is 16.4. The molecule has 8 nitrogen and oxygen atoms in total. The van der Waals surface area contributed by atoms with Crippen LogP contribution >= 0.6 is 0 Å². The largest absolute Gasteiger partial charge is 0.465 e. The first kappa shape index (κ1) is 14.1. The number of para-hydroxylation sites is 2. The molecular formula is C14H15N5O3. The Balaban J connectivity index is 1.83. The van der Waals surface area contributed by atoms with Crippen molar-refractivity contribution in [3.8, 4) is 5.69 Å². The van der Waals surface area contributed by atoms with Crippen LogP contribution in [0.4, 0.5) is 10.5 Å². The maximum absolute atomic E-state index is 11.6. The molecule has 1 aromatic carbocycles. The number of rotatable bonds is 4. The molecule has 1 aliphatic rings. The van der Waals surface area contributed by atoms with Gasteiger partial charge in [-0.25, -0.2) is 4.79 Å². The van der Waals surface area contributed by atoms with E-state index in [1.165, 1.54) is 4.80 Å². The van der Waals surface area contributed by atoms with Gasteiger partial charge in [0.25, 0.3) is 0 Å². The summed E-state index contributed by atoms with van der Waals surface area (Å²) in [6.45, 7) is 0. The van der Waals surface area contributed by atoms with Gasteiger partial charge in [0, 0.05) is 12.8 Å². The number of carboxylic acid groups (broad SMARTS) is 1. The monoisotopic (exact) mass is 301 g/mol. The van der Waals surface area contributed by atoms with Crippen molar-refractivity contribution in [1.82, 2.24) is 20.3 Å². The lowest BCUT2D eigenvalue weighted by atomic mass is 10.1. The SMILES string of the molecule is O=C1CC(NC(=O)O)C(Nc2ccccc2-n2nccn2)C1. The van der Waals surface area contributed by atoms with Crippen LogP contribution < -0.4 is 10.6 Å². The van der Waals surface area contributed by atoms with E-state index < -0.39 is 12.1 Å². The molecule has 1 saturated carbocycles. The molecule has 1 amide bonds. The fraction of sp³-hybridized carbons (Fsp3) is 0.286. The summed E-state index contributed by atoms with van der Waals surface area (Å²) in [5.41, 5.74) is 1.48. The number of benzene rings is 1. The Morgan fingerprint density at radius 2 is 1.86 bits per heavy atom. The molecule has 114 valence electrons. The van der Waals surface area contributed by atoms with Crippen LogP contribution in [0.2, 0.25) is 0 Å². The Morgan fingerprint density at radius 3 is 2.59 bits per heavy atom. The number of Topliss-reactive ketones (excluding diaryl/α,β-unsaturated/α-hetero) is 1. The van der Waals surface area contributed by atoms with Crippen LogP contribution in [-0.4, -0.2) is 44.1 Å². The molecule has 3 N–H and O–H groups in total. The molecule has 0 bridgehead atoms. The number of nitrogens with zero attached hydrogens (tertiary/aromatic N) is 3. The fourth-order valence-electron chi connectivity index (χ4n) is 2.63. The first-order valence-corrected chi connectivity index (χ1v) is 6.87. The second kappa shape index (κ2) is 5.84. The minimum Gasteiger partial charge on any atom is -0.465 e. The number of carbonyl (C=O) groups excluding carboxylic acids is 1. The van der Waals surface area contributed by atoms with Gasteiger partial charge in [-0.1, -0.05) is 12.1 Å². The molecular weight excluding hydrogens is 286 g/mol.